The van der Waals surface area contributed by atoms with Crippen LogP contribution in [0.5, 0.6) is 11.5 Å². The van der Waals surface area contributed by atoms with E-state index in [0.29, 0.717) is 26.6 Å². The van der Waals surface area contributed by atoms with Gasteiger partial charge < -0.3 is 9.47 Å². The van der Waals surface area contributed by atoms with Gasteiger partial charge in [0, 0.05) is 9.50 Å². The number of benzene rings is 2. The molecule has 0 saturated heterocycles. The third kappa shape index (κ3) is 4.48. The van der Waals surface area contributed by atoms with Crippen molar-refractivity contribution < 1.29 is 14.3 Å². The number of halogens is 3. The molecule has 0 amide bonds. The first-order chi connectivity index (χ1) is 10.4. The van der Waals surface area contributed by atoms with Gasteiger partial charge in [0.1, 0.15) is 17.1 Å². The van der Waals surface area contributed by atoms with Crippen molar-refractivity contribution in [3.63, 3.8) is 0 Å². The number of ether oxygens (including phenoxy) is 2. The Morgan fingerprint density at radius 2 is 1.77 bits per heavy atom. The summed E-state index contributed by atoms with van der Waals surface area (Å²) < 4.78 is 12.4. The lowest BCUT2D eigenvalue weighted by Gasteiger charge is -2.14. The molecule has 0 spiro atoms. The monoisotopic (exact) mass is 446 g/mol. The second kappa shape index (κ2) is 7.49. The molecule has 0 aromatic heterocycles. The number of carbonyl (C=O) groups is 1. The molecule has 0 unspecified atom stereocenters. The van der Waals surface area contributed by atoms with Gasteiger partial charge in [0.05, 0.1) is 10.6 Å². The molecule has 3 nitrogen and oxygen atoms in total. The molecule has 0 atom stereocenters. The van der Waals surface area contributed by atoms with Crippen LogP contribution in [0.3, 0.4) is 0 Å². The fourth-order valence-corrected chi connectivity index (χ4v) is 2.86. The molecular formula is C16H13Br2ClO3. The van der Waals surface area contributed by atoms with Gasteiger partial charge in [-0.3, -0.25) is 0 Å². The maximum absolute atomic E-state index is 12.4. The Morgan fingerprint density at radius 1 is 1.09 bits per heavy atom. The zero-order chi connectivity index (χ0) is 16.3. The van der Waals surface area contributed by atoms with Gasteiger partial charge in [-0.05, 0) is 66.2 Å². The van der Waals surface area contributed by atoms with E-state index in [1.807, 2.05) is 19.9 Å². The van der Waals surface area contributed by atoms with E-state index >= 15 is 0 Å². The Morgan fingerprint density at radius 3 is 2.41 bits per heavy atom. The molecule has 2 aromatic rings. The van der Waals surface area contributed by atoms with Crippen molar-refractivity contribution in [3.05, 3.63) is 55.9 Å². The fraction of sp³-hybridized carbons (Fsp3) is 0.188. The summed E-state index contributed by atoms with van der Waals surface area (Å²) in [6.07, 6.45) is -0.0463. The van der Waals surface area contributed by atoms with Crippen molar-refractivity contribution in [1.82, 2.24) is 0 Å². The summed E-state index contributed by atoms with van der Waals surface area (Å²) in [4.78, 5) is 12.4. The minimum Gasteiger partial charge on any atom is -0.490 e. The minimum absolute atomic E-state index is 0.0463. The Hall–Kier alpha value is -1.04. The lowest BCUT2D eigenvalue weighted by molar-refractivity contribution is 0.0727. The number of rotatable bonds is 4. The van der Waals surface area contributed by atoms with Gasteiger partial charge in [-0.25, -0.2) is 4.79 Å². The van der Waals surface area contributed by atoms with Crippen LogP contribution in [0.4, 0.5) is 0 Å². The third-order valence-corrected chi connectivity index (χ3v) is 3.97. The molecule has 6 heteroatoms. The van der Waals surface area contributed by atoms with Gasteiger partial charge in [0.2, 0.25) is 0 Å². The van der Waals surface area contributed by atoms with E-state index in [1.165, 1.54) is 0 Å². The van der Waals surface area contributed by atoms with Gasteiger partial charge in [0.15, 0.2) is 0 Å². The second-order valence-corrected chi connectivity index (χ2v) is 6.98. The lowest BCUT2D eigenvalue weighted by Crippen LogP contribution is -2.14. The van der Waals surface area contributed by atoms with Crippen LogP contribution in [0.25, 0.3) is 0 Å². The quantitative estimate of drug-likeness (QED) is 0.433. The Labute approximate surface area is 150 Å². The normalized spacial score (nSPS) is 10.6. The zero-order valence-electron chi connectivity index (χ0n) is 11.9. The molecule has 0 aliphatic carbocycles. The van der Waals surface area contributed by atoms with Crippen LogP contribution in [-0.4, -0.2) is 12.1 Å². The maximum atomic E-state index is 12.4. The van der Waals surface area contributed by atoms with E-state index in [0.717, 1.165) is 4.47 Å². The van der Waals surface area contributed by atoms with Crippen molar-refractivity contribution in [2.75, 3.05) is 0 Å². The standard InChI is InChI=1S/C16H13Br2ClO3/c1-9(2)21-14-5-3-10(17)7-12(14)16(20)22-15-6-4-11(19)8-13(15)18/h3-9H,1-2H3. The molecule has 2 rings (SSSR count). The van der Waals surface area contributed by atoms with Crippen molar-refractivity contribution in [1.29, 1.82) is 0 Å². The molecule has 0 aliphatic rings. The van der Waals surface area contributed by atoms with Crippen molar-refractivity contribution in [2.24, 2.45) is 0 Å². The summed E-state index contributed by atoms with van der Waals surface area (Å²) in [6, 6.07) is 10.2. The van der Waals surface area contributed by atoms with E-state index < -0.39 is 5.97 Å². The summed E-state index contributed by atoms with van der Waals surface area (Å²) in [5.41, 5.74) is 0.352. The largest absolute Gasteiger partial charge is 0.490 e. The molecule has 22 heavy (non-hydrogen) atoms. The summed E-state index contributed by atoms with van der Waals surface area (Å²) in [5, 5.41) is 0.554. The maximum Gasteiger partial charge on any atom is 0.347 e. The number of hydrogen-bond donors (Lipinski definition) is 0. The highest BCUT2D eigenvalue weighted by atomic mass is 79.9. The van der Waals surface area contributed by atoms with Gasteiger partial charge in [-0.2, -0.15) is 0 Å². The molecule has 116 valence electrons. The van der Waals surface area contributed by atoms with E-state index in [-0.39, 0.29) is 6.10 Å². The molecular weight excluding hydrogens is 435 g/mol. The van der Waals surface area contributed by atoms with E-state index in [2.05, 4.69) is 31.9 Å². The molecule has 0 saturated carbocycles. The summed E-state index contributed by atoms with van der Waals surface area (Å²) >= 11 is 12.5. The van der Waals surface area contributed by atoms with Crippen molar-refractivity contribution in [2.45, 2.75) is 20.0 Å². The molecule has 0 radical (unpaired) electrons. The van der Waals surface area contributed by atoms with Crippen LogP contribution in [0, 0.1) is 0 Å². The number of carbonyl (C=O) groups excluding carboxylic acids is 1. The van der Waals surface area contributed by atoms with Crippen LogP contribution in [0.2, 0.25) is 5.02 Å². The van der Waals surface area contributed by atoms with E-state index in [9.17, 15) is 4.79 Å². The first kappa shape index (κ1) is 17.3. The lowest BCUT2D eigenvalue weighted by atomic mass is 10.2. The molecule has 0 heterocycles. The molecule has 0 bridgehead atoms. The van der Waals surface area contributed by atoms with Crippen LogP contribution in [-0.2, 0) is 0 Å². The molecule has 0 aliphatic heterocycles. The van der Waals surface area contributed by atoms with Gasteiger partial charge >= 0.3 is 5.97 Å². The minimum atomic E-state index is -0.500. The number of hydrogen-bond acceptors (Lipinski definition) is 3. The smallest absolute Gasteiger partial charge is 0.347 e. The summed E-state index contributed by atoms with van der Waals surface area (Å²) in [6.45, 7) is 3.79. The highest BCUT2D eigenvalue weighted by Crippen LogP contribution is 2.30. The average Bonchev–Trinajstić information content (AvgIpc) is 2.43. The van der Waals surface area contributed by atoms with Crippen LogP contribution in [0.1, 0.15) is 24.2 Å². The van der Waals surface area contributed by atoms with E-state index in [4.69, 9.17) is 21.1 Å². The first-order valence-electron chi connectivity index (χ1n) is 6.50. The Balaban J connectivity index is 2.30. The van der Waals surface area contributed by atoms with Crippen LogP contribution in [0.15, 0.2) is 45.3 Å². The van der Waals surface area contributed by atoms with Gasteiger partial charge in [-0.1, -0.05) is 27.5 Å². The van der Waals surface area contributed by atoms with Gasteiger partial charge in [0.25, 0.3) is 0 Å². The molecule has 2 aromatic carbocycles. The third-order valence-electron chi connectivity index (χ3n) is 2.62. The summed E-state index contributed by atoms with van der Waals surface area (Å²) in [5.74, 6) is 0.373. The van der Waals surface area contributed by atoms with E-state index in [1.54, 1.807) is 30.3 Å². The zero-order valence-corrected chi connectivity index (χ0v) is 15.8. The van der Waals surface area contributed by atoms with Gasteiger partial charge in [-0.15, -0.1) is 0 Å². The SMILES string of the molecule is CC(C)Oc1ccc(Br)cc1C(=O)Oc1ccc(Cl)cc1Br. The van der Waals surface area contributed by atoms with Crippen molar-refractivity contribution in [3.8, 4) is 11.5 Å². The Bertz CT molecular complexity index is 702. The second-order valence-electron chi connectivity index (χ2n) is 4.77. The average molecular weight is 449 g/mol. The fourth-order valence-electron chi connectivity index (χ4n) is 1.73. The molecule has 0 fully saturated rings. The van der Waals surface area contributed by atoms with Crippen LogP contribution >= 0.6 is 43.5 Å². The molecule has 0 N–H and O–H groups in total. The predicted molar refractivity (Wildman–Crippen MR) is 94.0 cm³/mol. The topological polar surface area (TPSA) is 35.5 Å². The number of esters is 1. The predicted octanol–water partition coefficient (Wildman–Crippen LogP) is 5.87. The first-order valence-corrected chi connectivity index (χ1v) is 8.46. The highest BCUT2D eigenvalue weighted by molar-refractivity contribution is 9.10. The highest BCUT2D eigenvalue weighted by Gasteiger charge is 2.18. The Kier molecular flexibility index (Phi) is 5.89. The summed E-state index contributed by atoms with van der Waals surface area (Å²) in [7, 11) is 0. The van der Waals surface area contributed by atoms with Crippen LogP contribution < -0.4 is 9.47 Å². The van der Waals surface area contributed by atoms with Crippen molar-refractivity contribution >= 4 is 49.4 Å².